The highest BCUT2D eigenvalue weighted by molar-refractivity contribution is 5.86. The van der Waals surface area contributed by atoms with Gasteiger partial charge >= 0.3 is 5.97 Å². The first-order valence-corrected chi connectivity index (χ1v) is 16.2. The smallest absolute Gasteiger partial charge is 0.309 e. The minimum atomic E-state index is -0.717. The number of nitriles is 1. The Morgan fingerprint density at radius 2 is 1.73 bits per heavy atom. The monoisotopic (exact) mass is 592 g/mol. The molecule has 3 fully saturated rings. The zero-order valence-corrected chi connectivity index (χ0v) is 26.8. The molecule has 3 aromatic rings. The third-order valence-electron chi connectivity index (χ3n) is 13.8. The molecule has 4 aliphatic rings. The molecule has 6 nitrogen and oxygen atoms in total. The molecule has 7 atom stereocenters. The van der Waals surface area contributed by atoms with Gasteiger partial charge in [0.1, 0.15) is 0 Å². The molecular formula is C38H44N2O4. The zero-order valence-electron chi connectivity index (χ0n) is 26.8. The van der Waals surface area contributed by atoms with Crippen LogP contribution in [-0.2, 0) is 10.2 Å². The second kappa shape index (κ2) is 8.93. The van der Waals surface area contributed by atoms with E-state index in [1.807, 2.05) is 38.2 Å². The molecule has 1 heterocycles. The number of carboxylic acids is 1. The van der Waals surface area contributed by atoms with Gasteiger partial charge in [0.2, 0.25) is 0 Å². The fourth-order valence-electron chi connectivity index (χ4n) is 10.6. The Kier molecular flexibility index (Phi) is 5.89. The quantitative estimate of drug-likeness (QED) is 0.176. The Hall–Kier alpha value is -3.72. The molecule has 0 spiro atoms. The molecule has 0 saturated heterocycles. The Bertz CT molecular complexity index is 1830. The van der Waals surface area contributed by atoms with Crippen molar-refractivity contribution in [3.8, 4) is 17.6 Å². The van der Waals surface area contributed by atoms with Crippen LogP contribution >= 0.6 is 0 Å². The SMILES string of the molecule is Cc1c(O)c(O)cc2c1[C@H](c1c[nH]c3ccc(C#N)cc13)C=C1[C@@]2(C)CC[C@@]2(C)[C@@H]3C[C@](C)(C(=O)O)CC[C@]3(C)CC[C@]12C. The third-order valence-corrected chi connectivity index (χ3v) is 13.8. The van der Waals surface area contributed by atoms with Gasteiger partial charge < -0.3 is 20.3 Å². The first kappa shape index (κ1) is 29.0. The Morgan fingerprint density at radius 1 is 1.00 bits per heavy atom. The van der Waals surface area contributed by atoms with Crippen molar-refractivity contribution >= 4 is 16.9 Å². The van der Waals surface area contributed by atoms with Gasteiger partial charge in [0, 0.05) is 28.4 Å². The Labute approximate surface area is 259 Å². The van der Waals surface area contributed by atoms with Crippen LogP contribution in [-0.4, -0.2) is 26.3 Å². The van der Waals surface area contributed by atoms with Crippen LogP contribution < -0.4 is 0 Å². The van der Waals surface area contributed by atoms with Crippen molar-refractivity contribution in [1.82, 2.24) is 4.98 Å². The fraction of sp³-hybridized carbons (Fsp3) is 0.526. The summed E-state index contributed by atoms with van der Waals surface area (Å²) in [6.45, 7) is 13.4. The predicted octanol–water partition coefficient (Wildman–Crippen LogP) is 8.59. The maximum absolute atomic E-state index is 12.6. The van der Waals surface area contributed by atoms with Gasteiger partial charge in [-0.2, -0.15) is 5.26 Å². The number of rotatable bonds is 2. The largest absolute Gasteiger partial charge is 0.504 e. The summed E-state index contributed by atoms with van der Waals surface area (Å²) >= 11 is 0. The average Bonchev–Trinajstić information content (AvgIpc) is 3.41. The van der Waals surface area contributed by atoms with Crippen LogP contribution in [0.3, 0.4) is 0 Å². The van der Waals surface area contributed by atoms with Gasteiger partial charge in [-0.25, -0.2) is 0 Å². The summed E-state index contributed by atoms with van der Waals surface area (Å²) in [5, 5.41) is 43.0. The van der Waals surface area contributed by atoms with Crippen LogP contribution in [0.15, 0.2) is 42.1 Å². The number of hydrogen-bond acceptors (Lipinski definition) is 4. The zero-order chi connectivity index (χ0) is 31.6. The lowest BCUT2D eigenvalue weighted by molar-refractivity contribution is -0.177. The summed E-state index contributed by atoms with van der Waals surface area (Å²) in [7, 11) is 0. The highest BCUT2D eigenvalue weighted by Crippen LogP contribution is 2.75. The number of carboxylic acid groups (broad SMARTS) is 1. The number of H-pyrrole nitrogens is 1. The second-order valence-corrected chi connectivity index (χ2v) is 15.9. The van der Waals surface area contributed by atoms with Gasteiger partial charge in [0.15, 0.2) is 11.5 Å². The van der Waals surface area contributed by atoms with Gasteiger partial charge in [0.25, 0.3) is 0 Å². The molecule has 0 aliphatic heterocycles. The Balaban J connectivity index is 1.47. The number of phenolic OH excluding ortho intramolecular Hbond substituents is 2. The van der Waals surface area contributed by atoms with Crippen molar-refractivity contribution < 1.29 is 20.1 Å². The normalized spacial score (nSPS) is 37.6. The molecule has 0 unspecified atom stereocenters. The van der Waals surface area contributed by atoms with Crippen LogP contribution in [0, 0.1) is 45.8 Å². The number of allylic oxidation sites excluding steroid dienone is 2. The fourth-order valence-corrected chi connectivity index (χ4v) is 10.6. The molecule has 2 aromatic carbocycles. The van der Waals surface area contributed by atoms with E-state index in [4.69, 9.17) is 0 Å². The number of fused-ring (bicyclic) bond motifs is 8. The lowest BCUT2D eigenvalue weighted by Gasteiger charge is -2.70. The van der Waals surface area contributed by atoms with Crippen LogP contribution in [0.4, 0.5) is 0 Å². The van der Waals surface area contributed by atoms with Crippen LogP contribution in [0.2, 0.25) is 0 Å². The lowest BCUT2D eigenvalue weighted by Crippen LogP contribution is -2.62. The van der Waals surface area contributed by atoms with E-state index in [1.165, 1.54) is 5.57 Å². The maximum Gasteiger partial charge on any atom is 0.309 e. The molecule has 230 valence electrons. The number of phenols is 2. The lowest BCUT2D eigenvalue weighted by atomic mass is 9.34. The van der Waals surface area contributed by atoms with Crippen LogP contribution in [0.5, 0.6) is 11.5 Å². The van der Waals surface area contributed by atoms with E-state index in [1.54, 1.807) is 6.07 Å². The number of benzene rings is 2. The van der Waals surface area contributed by atoms with Crippen molar-refractivity contribution in [2.75, 3.05) is 0 Å². The summed E-state index contributed by atoms with van der Waals surface area (Å²) in [4.78, 5) is 16.0. The number of aromatic amines is 1. The molecule has 6 heteroatoms. The molecule has 4 N–H and O–H groups in total. The van der Waals surface area contributed by atoms with Crippen LogP contribution in [0.25, 0.3) is 10.9 Å². The molecule has 0 amide bonds. The molecule has 0 radical (unpaired) electrons. The first-order valence-electron chi connectivity index (χ1n) is 16.2. The molecule has 44 heavy (non-hydrogen) atoms. The standard InChI is InChI=1S/C38H44N2O4/c1-21-31-24(25-20-40-27-8-7-22(19-39)15-23(25)27)16-29-36(4,26(31)17-28(41)32(21)42)12-14-38(6)30-18-35(3,33(43)44)10-9-34(30,2)11-13-37(29,38)5/h7-8,15-17,20,24,30,40-42H,9-14,18H2,1-6H3,(H,43,44)/t24-,30+,34+,35+,36-,37+,38-/m0/s1. The van der Waals surface area contributed by atoms with E-state index < -0.39 is 11.4 Å². The van der Waals surface area contributed by atoms with Crippen molar-refractivity contribution in [2.45, 2.75) is 97.8 Å². The molecule has 3 saturated carbocycles. The predicted molar refractivity (Wildman–Crippen MR) is 171 cm³/mol. The summed E-state index contributed by atoms with van der Waals surface area (Å²) in [6, 6.07) is 9.80. The van der Waals surface area contributed by atoms with E-state index >= 15 is 0 Å². The molecule has 1 aromatic heterocycles. The molecule has 0 bridgehead atoms. The van der Waals surface area contributed by atoms with E-state index in [-0.39, 0.29) is 45.0 Å². The highest BCUT2D eigenvalue weighted by Gasteiger charge is 2.67. The number of aromatic nitrogens is 1. The van der Waals surface area contributed by atoms with E-state index in [0.717, 1.165) is 66.1 Å². The molecular weight excluding hydrogens is 548 g/mol. The van der Waals surface area contributed by atoms with Crippen molar-refractivity contribution in [1.29, 1.82) is 5.26 Å². The molecule has 7 rings (SSSR count). The minimum absolute atomic E-state index is 0.0813. The van der Waals surface area contributed by atoms with Gasteiger partial charge in [-0.05, 0) is 127 Å². The summed E-state index contributed by atoms with van der Waals surface area (Å²) < 4.78 is 0. The van der Waals surface area contributed by atoms with Gasteiger partial charge in [-0.15, -0.1) is 0 Å². The van der Waals surface area contributed by atoms with Crippen LogP contribution in [0.1, 0.15) is 113 Å². The average molecular weight is 593 g/mol. The number of hydrogen-bond donors (Lipinski definition) is 4. The number of carbonyl (C=O) groups is 1. The number of nitrogens with one attached hydrogen (secondary N) is 1. The number of aliphatic carboxylic acids is 1. The van der Waals surface area contributed by atoms with E-state index in [0.29, 0.717) is 17.5 Å². The highest BCUT2D eigenvalue weighted by atomic mass is 16.4. The van der Waals surface area contributed by atoms with E-state index in [9.17, 15) is 25.4 Å². The van der Waals surface area contributed by atoms with Crippen molar-refractivity contribution in [2.24, 2.45) is 27.6 Å². The summed E-state index contributed by atoms with van der Waals surface area (Å²) in [5.74, 6) is -0.765. The minimum Gasteiger partial charge on any atom is -0.504 e. The molecule has 4 aliphatic carbocycles. The summed E-state index contributed by atoms with van der Waals surface area (Å²) in [6.07, 6.45) is 10.8. The third kappa shape index (κ3) is 3.50. The van der Waals surface area contributed by atoms with Gasteiger partial charge in [-0.1, -0.05) is 39.3 Å². The second-order valence-electron chi connectivity index (χ2n) is 15.9. The number of nitrogens with zero attached hydrogens (tertiary/aromatic N) is 1. The Morgan fingerprint density at radius 3 is 2.43 bits per heavy atom. The van der Waals surface area contributed by atoms with Crippen molar-refractivity contribution in [3.05, 3.63) is 69.9 Å². The number of aromatic hydroxyl groups is 2. The maximum atomic E-state index is 12.6. The van der Waals surface area contributed by atoms with Crippen molar-refractivity contribution in [3.63, 3.8) is 0 Å². The van der Waals surface area contributed by atoms with Gasteiger partial charge in [-0.3, -0.25) is 4.79 Å². The summed E-state index contributed by atoms with van der Waals surface area (Å²) in [5.41, 5.74) is 5.49. The topological polar surface area (TPSA) is 117 Å². The first-order chi connectivity index (χ1) is 20.6. The van der Waals surface area contributed by atoms with E-state index in [2.05, 4.69) is 44.8 Å². The van der Waals surface area contributed by atoms with Gasteiger partial charge in [0.05, 0.1) is 17.0 Å².